The Morgan fingerprint density at radius 1 is 0.181 bits per heavy atom. The summed E-state index contributed by atoms with van der Waals surface area (Å²) in [7, 11) is 6.25. The van der Waals surface area contributed by atoms with Gasteiger partial charge < -0.3 is 18.9 Å². The number of halogens is 17. The van der Waals surface area contributed by atoms with Crippen molar-refractivity contribution < 1.29 is 80.4 Å². The molecule has 0 radical (unpaired) electrons. The van der Waals surface area contributed by atoms with Gasteiger partial charge >= 0.3 is 0 Å². The summed E-state index contributed by atoms with van der Waals surface area (Å²) in [6.45, 7) is 56.6. The molecule has 0 saturated carbocycles. The van der Waals surface area contributed by atoms with Crippen molar-refractivity contribution in [2.75, 3.05) is 28.4 Å². The third-order valence-electron chi connectivity index (χ3n) is 22.0. The van der Waals surface area contributed by atoms with E-state index < -0.39 is 34.9 Å². The van der Waals surface area contributed by atoms with E-state index in [-0.39, 0.29) is 81.1 Å². The molecule has 0 amide bonds. The van der Waals surface area contributed by atoms with Crippen molar-refractivity contribution >= 4 is 34.8 Å². The molecule has 786 valence electrons. The van der Waals surface area contributed by atoms with Gasteiger partial charge in [-0.1, -0.05) is 318 Å². The van der Waals surface area contributed by atoms with Crippen LogP contribution in [0.3, 0.4) is 0 Å². The van der Waals surface area contributed by atoms with Crippen molar-refractivity contribution in [1.82, 2.24) is 0 Å². The van der Waals surface area contributed by atoms with Gasteiger partial charge in [-0.3, -0.25) is 0 Å². The highest BCUT2D eigenvalue weighted by atomic mass is 35.5. The number of hydrogen-bond acceptors (Lipinski definition) is 4. The molecule has 4 nitrogen and oxygen atoms in total. The lowest BCUT2D eigenvalue weighted by atomic mass is 9.98. The van der Waals surface area contributed by atoms with Crippen LogP contribution in [-0.2, 0) is 0 Å². The van der Waals surface area contributed by atoms with Crippen LogP contribution in [0.5, 0.6) is 23.0 Å². The summed E-state index contributed by atoms with van der Waals surface area (Å²) in [5.74, 6) is 1.78. The van der Waals surface area contributed by atoms with Gasteiger partial charge in [-0.2, -0.15) is 0 Å². The predicted octanol–water partition coefficient (Wildman–Crippen LogP) is 41.1. The van der Waals surface area contributed by atoms with E-state index >= 15 is 0 Å². The monoisotopic (exact) mass is 2060 g/mol. The first-order valence-electron chi connectivity index (χ1n) is 48.3. The van der Waals surface area contributed by atoms with E-state index in [4.69, 9.17) is 53.8 Å². The number of aryl methyl sites for hydroxylation is 2. The number of methoxy groups -OCH3 is 4. The Hall–Kier alpha value is -11.1. The Labute approximate surface area is 866 Å². The van der Waals surface area contributed by atoms with Gasteiger partial charge in [0.2, 0.25) is 0 Å². The Morgan fingerprint density at radius 3 is 0.819 bits per heavy atom. The smallest absolute Gasteiger partial charge is 0.165 e. The van der Waals surface area contributed by atoms with Gasteiger partial charge in [0.05, 0.1) is 33.5 Å². The van der Waals surface area contributed by atoms with Crippen molar-refractivity contribution in [3.8, 4) is 23.0 Å². The molecule has 0 atom stereocenters. The standard InChI is InChI=1S/3C10H13FO.2C10H13F.C10H14O.2C9H10ClF.C9H11Cl.3C9H10F2.C9H11F/c1-7(2)9-5-4-8(12-3)6-10(9)11;1-7(2)9-5-4-8(11)6-10(9)12-3;1-7(2)8-4-5-9(11)10(6-8)12-3;1-7(2)10-5-4-9(11)6-8(10)3;1-7(2)9-5-4-8(3)6-10(9)11;1-8(2)9-4-6-10(11-3)7-5-9;1-6(2)8-4-3-7(11)5-9(8)10;1-6(2)7-3-4-9(11)8(10)5-7;1-7(2)8-3-5-9(10)6-4-8;2*1-6(2)8-4-3-7(10)5-9(8)11;1-6(2)7-3-4-8(10)9(11)5-7;1-7(2)8-3-5-9(10)6-4-8/h3*4-7H,1-3H3;2*4-7H,1-3H3;4-8H,1-3H3;2*3-6H,1-2H3;3-7H,1-2H3;3*3-6H,1-2H3;3-7H,1-2H3. The van der Waals surface area contributed by atoms with Gasteiger partial charge in [-0.25, -0.2) is 61.5 Å². The van der Waals surface area contributed by atoms with Crippen molar-refractivity contribution in [3.05, 3.63) is 435 Å². The van der Waals surface area contributed by atoms with Crippen LogP contribution < -0.4 is 18.9 Å². The summed E-state index contributed by atoms with van der Waals surface area (Å²) >= 11 is 17.1. The number of rotatable bonds is 17. The zero-order valence-electron chi connectivity index (χ0n) is 89.8. The maximum Gasteiger partial charge on any atom is 0.165 e. The van der Waals surface area contributed by atoms with Gasteiger partial charge in [0.15, 0.2) is 23.2 Å². The molecule has 0 unspecified atom stereocenters. The zero-order chi connectivity index (χ0) is 110. The van der Waals surface area contributed by atoms with Gasteiger partial charge in [0, 0.05) is 34.3 Å². The van der Waals surface area contributed by atoms with Crippen LogP contribution in [0.15, 0.2) is 255 Å². The average molecular weight is 2070 g/mol. The van der Waals surface area contributed by atoms with E-state index in [0.717, 1.165) is 79.0 Å². The van der Waals surface area contributed by atoms with E-state index in [9.17, 15) is 61.5 Å². The van der Waals surface area contributed by atoms with Crippen molar-refractivity contribution in [2.24, 2.45) is 0 Å². The summed E-state index contributed by atoms with van der Waals surface area (Å²) in [6, 6.07) is 68.3. The highest BCUT2D eigenvalue weighted by Gasteiger charge is 2.15. The minimum atomic E-state index is -0.783. The molecule has 13 rings (SSSR count). The highest BCUT2D eigenvalue weighted by Crippen LogP contribution is 2.32. The molecule has 0 heterocycles. The summed E-state index contributed by atoms with van der Waals surface area (Å²) in [5.41, 5.74) is 14.8. The zero-order valence-corrected chi connectivity index (χ0v) is 92.1. The molecule has 0 spiro atoms. The van der Waals surface area contributed by atoms with Crippen LogP contribution in [0.2, 0.25) is 15.1 Å². The summed E-state index contributed by atoms with van der Waals surface area (Å²) in [4.78, 5) is 0. The third kappa shape index (κ3) is 50.6. The van der Waals surface area contributed by atoms with Crippen LogP contribution >= 0.6 is 34.8 Å². The topological polar surface area (TPSA) is 36.9 Å². The van der Waals surface area contributed by atoms with E-state index in [2.05, 4.69) is 107 Å². The quantitative estimate of drug-likeness (QED) is 0.0852. The van der Waals surface area contributed by atoms with Crippen LogP contribution in [0.25, 0.3) is 0 Å². The lowest BCUT2D eigenvalue weighted by Gasteiger charge is -2.10. The molecule has 0 bridgehead atoms. The van der Waals surface area contributed by atoms with Crippen LogP contribution in [0.1, 0.15) is 340 Å². The normalized spacial score (nSPS) is 10.5. The summed E-state index contributed by atoms with van der Waals surface area (Å²) in [5, 5.41) is 1.53. The summed E-state index contributed by atoms with van der Waals surface area (Å²) < 4.78 is 197. The first-order valence-corrected chi connectivity index (χ1v) is 49.4. The fraction of sp³-hybridized carbons (Fsp3) is 0.366. The molecule has 144 heavy (non-hydrogen) atoms. The Kier molecular flexibility index (Phi) is 62.2. The van der Waals surface area contributed by atoms with Gasteiger partial charge in [0.25, 0.3) is 0 Å². The Bertz CT molecular complexity index is 5410. The SMILES string of the molecule is CC(C)c1ccc(Cl)cc1.CC(C)c1ccc(F)c(Cl)c1.CC(C)c1ccc(F)c(F)c1.CC(C)c1ccc(F)cc1.CC(C)c1ccc(F)cc1Cl.CC(C)c1ccc(F)cc1F.CC(C)c1ccc(F)cc1F.COc1cc(C(C)C)ccc1F.COc1cc(F)ccc1C(C)C.COc1ccc(C(C)C)c(F)c1.COc1ccc(C(C)C)cc1.Cc1cc(F)ccc1C(C)C.Cc1ccc(C(C)C)c(F)c1. The Balaban J connectivity index is 0.000000780. The predicted molar refractivity (Wildman–Crippen MR) is 577 cm³/mol. The second-order valence-electron chi connectivity index (χ2n) is 37.9. The minimum absolute atomic E-state index is 0.0833. The lowest BCUT2D eigenvalue weighted by molar-refractivity contribution is 0.385. The third-order valence-corrected chi connectivity index (χ3v) is 22.8. The van der Waals surface area contributed by atoms with Gasteiger partial charge in [-0.05, 0) is 302 Å². The van der Waals surface area contributed by atoms with E-state index in [1.165, 1.54) is 127 Å². The van der Waals surface area contributed by atoms with E-state index in [1.54, 1.807) is 80.9 Å². The first-order chi connectivity index (χ1) is 67.3. The number of benzene rings is 13. The number of ether oxygens (including phenoxy) is 4. The first kappa shape index (κ1) is 131. The molecule has 0 aliphatic heterocycles. The molecule has 0 N–H and O–H groups in total. The summed E-state index contributed by atoms with van der Waals surface area (Å²) in [6.07, 6.45) is 0. The fourth-order valence-electron chi connectivity index (χ4n) is 13.0. The molecule has 13 aromatic carbocycles. The molecule has 0 saturated heterocycles. The maximum atomic E-state index is 13.2. The van der Waals surface area contributed by atoms with Crippen LogP contribution in [0, 0.1) is 95.3 Å². The molecule has 13 aromatic rings. The second-order valence-corrected chi connectivity index (χ2v) is 39.2. The van der Waals surface area contributed by atoms with E-state index in [1.807, 2.05) is 165 Å². The fourth-order valence-corrected chi connectivity index (χ4v) is 13.7. The molecule has 0 aliphatic carbocycles. The van der Waals surface area contributed by atoms with Crippen molar-refractivity contribution in [3.63, 3.8) is 0 Å². The van der Waals surface area contributed by atoms with Crippen molar-refractivity contribution in [1.29, 1.82) is 0 Å². The molecule has 21 heteroatoms. The Morgan fingerprint density at radius 2 is 0.472 bits per heavy atom. The van der Waals surface area contributed by atoms with Gasteiger partial charge in [-0.15, -0.1) is 0 Å². The lowest BCUT2D eigenvalue weighted by Crippen LogP contribution is -1.94. The highest BCUT2D eigenvalue weighted by molar-refractivity contribution is 6.31. The largest absolute Gasteiger partial charge is 0.497 e. The van der Waals surface area contributed by atoms with E-state index in [0.29, 0.717) is 80.7 Å². The second kappa shape index (κ2) is 68.3. The van der Waals surface area contributed by atoms with Gasteiger partial charge in [0.1, 0.15) is 81.2 Å². The minimum Gasteiger partial charge on any atom is -0.497 e. The van der Waals surface area contributed by atoms with Crippen LogP contribution in [0.4, 0.5) is 61.5 Å². The molecule has 0 aromatic heterocycles. The van der Waals surface area contributed by atoms with Crippen molar-refractivity contribution in [2.45, 2.75) is 271 Å². The average Bonchev–Trinajstić information content (AvgIpc) is 0.866. The molecular formula is C123H151Cl3F14O4. The molecular weight excluding hydrogens is 1910 g/mol. The molecule has 0 fully saturated rings. The van der Waals surface area contributed by atoms with Crippen LogP contribution in [-0.4, -0.2) is 28.4 Å². The number of hydrogen-bond donors (Lipinski definition) is 0. The molecule has 0 aliphatic rings. The maximum absolute atomic E-state index is 13.2.